The van der Waals surface area contributed by atoms with Crippen LogP contribution in [0.1, 0.15) is 25.8 Å². The molecule has 5 heteroatoms. The zero-order valence-electron chi connectivity index (χ0n) is 11.8. The van der Waals surface area contributed by atoms with Gasteiger partial charge in [-0.3, -0.25) is 5.01 Å². The van der Waals surface area contributed by atoms with E-state index in [1.54, 1.807) is 5.01 Å². The van der Waals surface area contributed by atoms with Crippen LogP contribution in [-0.2, 0) is 0 Å². The predicted octanol–water partition coefficient (Wildman–Crippen LogP) is 4.18. The summed E-state index contributed by atoms with van der Waals surface area (Å²) in [6.07, 6.45) is -2.39. The van der Waals surface area contributed by atoms with Crippen molar-refractivity contribution in [2.75, 3.05) is 5.01 Å². The Morgan fingerprint density at radius 3 is 2.55 bits per heavy atom. The van der Waals surface area contributed by atoms with Crippen molar-refractivity contribution >= 4 is 5.69 Å². The second kappa shape index (κ2) is 5.48. The van der Waals surface area contributed by atoms with Crippen LogP contribution in [0.4, 0.5) is 18.9 Å². The highest BCUT2D eigenvalue weighted by Crippen LogP contribution is 2.32. The van der Waals surface area contributed by atoms with Gasteiger partial charge in [0, 0.05) is 5.70 Å². The molecule has 1 N–H and O–H groups in total. The van der Waals surface area contributed by atoms with E-state index in [2.05, 4.69) is 5.43 Å². The van der Waals surface area contributed by atoms with Crippen molar-refractivity contribution in [1.29, 1.82) is 0 Å². The highest BCUT2D eigenvalue weighted by Gasteiger charge is 2.43. The molecular formula is C15H19F3N2. The normalized spacial score (nSPS) is 19.6. The van der Waals surface area contributed by atoms with Crippen molar-refractivity contribution in [2.24, 2.45) is 5.92 Å². The van der Waals surface area contributed by atoms with E-state index in [-0.39, 0.29) is 0 Å². The topological polar surface area (TPSA) is 15.3 Å². The van der Waals surface area contributed by atoms with Crippen LogP contribution < -0.4 is 10.4 Å². The second-order valence-electron chi connectivity index (χ2n) is 5.58. The van der Waals surface area contributed by atoms with Gasteiger partial charge in [-0.05, 0) is 43.0 Å². The van der Waals surface area contributed by atoms with Gasteiger partial charge in [0.25, 0.3) is 0 Å². The molecule has 1 unspecified atom stereocenters. The van der Waals surface area contributed by atoms with Gasteiger partial charge in [-0.15, -0.1) is 0 Å². The number of halogens is 3. The Morgan fingerprint density at radius 2 is 2.00 bits per heavy atom. The van der Waals surface area contributed by atoms with Gasteiger partial charge in [0.2, 0.25) is 0 Å². The lowest BCUT2D eigenvalue weighted by Crippen LogP contribution is -2.44. The Kier molecular flexibility index (Phi) is 4.09. The molecule has 0 amide bonds. The quantitative estimate of drug-likeness (QED) is 0.895. The van der Waals surface area contributed by atoms with Gasteiger partial charge < -0.3 is 0 Å². The molecule has 0 bridgehead atoms. The maximum atomic E-state index is 12.9. The Bertz CT molecular complexity index is 506. The number of anilines is 1. The third-order valence-corrected chi connectivity index (χ3v) is 3.14. The number of nitrogens with zero attached hydrogens (tertiary/aromatic N) is 1. The standard InChI is InChI=1S/C15H19F3N2/c1-10(2)7-13-9-14(15(16,17)18)19-20(13)12-6-4-5-11(3)8-12/h4-6,8-10,14,19H,7H2,1-3H3. The van der Waals surface area contributed by atoms with Gasteiger partial charge >= 0.3 is 6.18 Å². The van der Waals surface area contributed by atoms with Gasteiger partial charge in [0.15, 0.2) is 0 Å². The summed E-state index contributed by atoms with van der Waals surface area (Å²) in [5.41, 5.74) is 4.98. The van der Waals surface area contributed by atoms with E-state index in [0.29, 0.717) is 18.0 Å². The lowest BCUT2D eigenvalue weighted by atomic mass is 10.1. The van der Waals surface area contributed by atoms with Crippen molar-refractivity contribution in [3.05, 3.63) is 41.6 Å². The molecule has 0 fully saturated rings. The molecule has 0 saturated heterocycles. The first-order chi connectivity index (χ1) is 9.27. The van der Waals surface area contributed by atoms with Crippen molar-refractivity contribution < 1.29 is 13.2 Å². The molecule has 1 atom stereocenters. The fraction of sp³-hybridized carbons (Fsp3) is 0.467. The molecule has 2 rings (SSSR count). The second-order valence-corrected chi connectivity index (χ2v) is 5.58. The van der Waals surface area contributed by atoms with Gasteiger partial charge in [-0.1, -0.05) is 26.0 Å². The van der Waals surface area contributed by atoms with E-state index in [1.807, 2.05) is 45.0 Å². The smallest absolute Gasteiger partial charge is 0.280 e. The molecule has 1 heterocycles. The molecule has 110 valence electrons. The lowest BCUT2D eigenvalue weighted by molar-refractivity contribution is -0.142. The summed E-state index contributed by atoms with van der Waals surface area (Å²) in [5.74, 6) is 0.294. The van der Waals surface area contributed by atoms with E-state index < -0.39 is 12.2 Å². The number of allylic oxidation sites excluding steroid dienone is 1. The maximum absolute atomic E-state index is 12.9. The minimum absolute atomic E-state index is 0.294. The number of hydrogen-bond acceptors (Lipinski definition) is 2. The summed E-state index contributed by atoms with van der Waals surface area (Å²) < 4.78 is 38.7. The van der Waals surface area contributed by atoms with Gasteiger partial charge in [-0.2, -0.15) is 13.2 Å². The van der Waals surface area contributed by atoms with Crippen LogP contribution in [0.3, 0.4) is 0 Å². The first kappa shape index (κ1) is 14.9. The zero-order chi connectivity index (χ0) is 14.9. The fourth-order valence-corrected chi connectivity index (χ4v) is 2.28. The number of nitrogens with one attached hydrogen (secondary N) is 1. The first-order valence-corrected chi connectivity index (χ1v) is 6.67. The molecule has 2 nitrogen and oxygen atoms in total. The van der Waals surface area contributed by atoms with Gasteiger partial charge in [0.1, 0.15) is 6.04 Å². The Hall–Kier alpha value is -1.49. The summed E-state index contributed by atoms with van der Waals surface area (Å²) >= 11 is 0. The van der Waals surface area contributed by atoms with Crippen LogP contribution in [0.5, 0.6) is 0 Å². The Balaban J connectivity index is 2.30. The molecule has 1 aromatic carbocycles. The van der Waals surface area contributed by atoms with Gasteiger partial charge in [-0.25, -0.2) is 5.43 Å². The van der Waals surface area contributed by atoms with Crippen LogP contribution in [0.25, 0.3) is 0 Å². The molecule has 0 radical (unpaired) electrons. The SMILES string of the molecule is Cc1cccc(N2NC(C(F)(F)F)C=C2CC(C)C)c1. The van der Waals surface area contributed by atoms with E-state index in [4.69, 9.17) is 0 Å². The van der Waals surface area contributed by atoms with Crippen LogP contribution in [-0.4, -0.2) is 12.2 Å². The molecule has 0 aromatic heterocycles. The summed E-state index contributed by atoms with van der Waals surface area (Å²) in [6.45, 7) is 5.92. The number of benzene rings is 1. The highest BCUT2D eigenvalue weighted by molar-refractivity contribution is 5.54. The van der Waals surface area contributed by atoms with Crippen LogP contribution in [0.15, 0.2) is 36.0 Å². The third-order valence-electron chi connectivity index (χ3n) is 3.14. The first-order valence-electron chi connectivity index (χ1n) is 6.67. The Morgan fingerprint density at radius 1 is 1.30 bits per heavy atom. The largest absolute Gasteiger partial charge is 0.409 e. The van der Waals surface area contributed by atoms with Crippen LogP contribution in [0.2, 0.25) is 0 Å². The minimum atomic E-state index is -4.28. The van der Waals surface area contributed by atoms with E-state index in [0.717, 1.165) is 11.3 Å². The molecule has 0 aliphatic carbocycles. The summed E-state index contributed by atoms with van der Waals surface area (Å²) in [7, 11) is 0. The summed E-state index contributed by atoms with van der Waals surface area (Å²) in [4.78, 5) is 0. The molecule has 20 heavy (non-hydrogen) atoms. The van der Waals surface area contributed by atoms with Crippen LogP contribution >= 0.6 is 0 Å². The summed E-state index contributed by atoms with van der Waals surface area (Å²) in [5, 5.41) is 1.56. The number of hydrogen-bond donors (Lipinski definition) is 1. The summed E-state index contributed by atoms with van der Waals surface area (Å²) in [6, 6.07) is 5.84. The highest BCUT2D eigenvalue weighted by atomic mass is 19.4. The number of aryl methyl sites for hydroxylation is 1. The molecule has 1 aliphatic rings. The van der Waals surface area contributed by atoms with E-state index >= 15 is 0 Å². The van der Waals surface area contributed by atoms with Crippen molar-refractivity contribution in [2.45, 2.75) is 39.4 Å². The minimum Gasteiger partial charge on any atom is -0.280 e. The third kappa shape index (κ3) is 3.33. The van der Waals surface area contributed by atoms with Crippen molar-refractivity contribution in [3.8, 4) is 0 Å². The lowest BCUT2D eigenvalue weighted by Gasteiger charge is -2.26. The average Bonchev–Trinajstić information content (AvgIpc) is 2.71. The number of alkyl halides is 3. The molecule has 0 saturated carbocycles. The van der Waals surface area contributed by atoms with E-state index in [1.165, 1.54) is 6.08 Å². The zero-order valence-corrected chi connectivity index (χ0v) is 11.8. The Labute approximate surface area is 117 Å². The average molecular weight is 284 g/mol. The number of hydrazine groups is 1. The number of rotatable bonds is 3. The van der Waals surface area contributed by atoms with E-state index in [9.17, 15) is 13.2 Å². The molecule has 0 spiro atoms. The van der Waals surface area contributed by atoms with Crippen molar-refractivity contribution in [3.63, 3.8) is 0 Å². The molecule has 1 aliphatic heterocycles. The predicted molar refractivity (Wildman–Crippen MR) is 74.2 cm³/mol. The molecule has 1 aromatic rings. The van der Waals surface area contributed by atoms with Gasteiger partial charge in [0.05, 0.1) is 5.69 Å². The monoisotopic (exact) mass is 284 g/mol. The van der Waals surface area contributed by atoms with Crippen molar-refractivity contribution in [1.82, 2.24) is 5.43 Å². The maximum Gasteiger partial charge on any atom is 0.409 e. The molecular weight excluding hydrogens is 265 g/mol. The fourth-order valence-electron chi connectivity index (χ4n) is 2.28. The van der Waals surface area contributed by atoms with Crippen LogP contribution in [0, 0.1) is 12.8 Å².